The summed E-state index contributed by atoms with van der Waals surface area (Å²) in [6.45, 7) is 3.75. The van der Waals surface area contributed by atoms with Gasteiger partial charge in [-0.25, -0.2) is 24.6 Å². The Labute approximate surface area is 442 Å². The second-order valence-electron chi connectivity index (χ2n) is 17.0. The predicted octanol–water partition coefficient (Wildman–Crippen LogP) is 7.93. The predicted molar refractivity (Wildman–Crippen MR) is 288 cm³/mol. The first-order chi connectivity index (χ1) is 37.5. The van der Waals surface area contributed by atoms with Crippen LogP contribution in [0.2, 0.25) is 0 Å². The van der Waals surface area contributed by atoms with Crippen molar-refractivity contribution in [3.8, 4) is 33.9 Å². The molecule has 7 aromatic rings. The highest BCUT2D eigenvalue weighted by molar-refractivity contribution is 6.54. The van der Waals surface area contributed by atoms with Gasteiger partial charge in [0.2, 0.25) is 0 Å². The maximum absolute atomic E-state index is 13.6. The zero-order valence-corrected chi connectivity index (χ0v) is 42.2. The van der Waals surface area contributed by atoms with Gasteiger partial charge in [-0.3, -0.25) is 4.57 Å². The fourth-order valence-electron chi connectivity index (χ4n) is 8.32. The molecule has 16 heteroatoms. The largest absolute Gasteiger partial charge is 0.460 e. The molecule has 0 aliphatic carbocycles. The Balaban J connectivity index is 1.16. The summed E-state index contributed by atoms with van der Waals surface area (Å²) < 4.78 is 45.9. The van der Waals surface area contributed by atoms with E-state index in [2.05, 4.69) is 4.57 Å². The molecule has 0 saturated heterocycles. The number of esters is 2. The number of benzene rings is 6. The SMILES string of the molecule is O=C(OCCOCCOCCOCCO)c1ccc(-c2nc(-c3ccccc3)c(-c3ccccc3)n2C2(c3ccc(C(=O)OCCOCCOCCOCCO)cc3)N=C(c3ccccc3)C(c3ccccc3)=N2)cc1. The van der Waals surface area contributed by atoms with E-state index in [1.807, 2.05) is 146 Å². The lowest BCUT2D eigenvalue weighted by Gasteiger charge is -2.30. The zero-order valence-electron chi connectivity index (χ0n) is 42.2. The van der Waals surface area contributed by atoms with Crippen LogP contribution < -0.4 is 0 Å². The van der Waals surface area contributed by atoms with E-state index >= 15 is 0 Å². The van der Waals surface area contributed by atoms with E-state index in [0.29, 0.717) is 98.1 Å². The molecular formula is C60H62N4O12. The number of aliphatic hydroxyl groups is 2. The molecule has 0 radical (unpaired) electrons. The Hall–Kier alpha value is -7.51. The summed E-state index contributed by atoms with van der Waals surface area (Å²) in [5.74, 6) is -2.12. The van der Waals surface area contributed by atoms with E-state index in [4.69, 9.17) is 63.1 Å². The first-order valence-electron chi connectivity index (χ1n) is 25.3. The third-order valence-electron chi connectivity index (χ3n) is 11.9. The number of rotatable bonds is 31. The van der Waals surface area contributed by atoms with Crippen LogP contribution in [0, 0.1) is 0 Å². The van der Waals surface area contributed by atoms with E-state index in [1.54, 1.807) is 24.3 Å². The number of ether oxygens (including phenoxy) is 8. The molecule has 394 valence electrons. The van der Waals surface area contributed by atoms with E-state index in [-0.39, 0.29) is 52.9 Å². The molecule has 0 bridgehead atoms. The number of carbonyl (C=O) groups excluding carboxylic acids is 2. The third kappa shape index (κ3) is 14.4. The Morgan fingerprint density at radius 3 is 1.16 bits per heavy atom. The lowest BCUT2D eigenvalue weighted by Crippen LogP contribution is -2.31. The molecule has 0 spiro atoms. The second-order valence-corrected chi connectivity index (χ2v) is 17.0. The summed E-state index contributed by atoms with van der Waals surface area (Å²) in [6.07, 6.45) is 0. The van der Waals surface area contributed by atoms with Crippen LogP contribution in [-0.2, 0) is 43.7 Å². The average Bonchev–Trinajstić information content (AvgIpc) is 4.11. The van der Waals surface area contributed by atoms with Crippen molar-refractivity contribution in [3.63, 3.8) is 0 Å². The maximum atomic E-state index is 13.6. The van der Waals surface area contributed by atoms with Gasteiger partial charge in [-0.15, -0.1) is 0 Å². The van der Waals surface area contributed by atoms with E-state index in [1.165, 1.54) is 0 Å². The van der Waals surface area contributed by atoms with Crippen molar-refractivity contribution in [2.75, 3.05) is 106 Å². The number of hydrogen-bond acceptors (Lipinski definition) is 15. The van der Waals surface area contributed by atoms with Gasteiger partial charge in [-0.05, 0) is 24.3 Å². The molecule has 6 aromatic carbocycles. The van der Waals surface area contributed by atoms with Gasteiger partial charge in [0.1, 0.15) is 19.0 Å². The smallest absolute Gasteiger partial charge is 0.338 e. The summed E-state index contributed by atoms with van der Waals surface area (Å²) in [5, 5.41) is 17.7. The Kier molecular flexibility index (Phi) is 20.9. The van der Waals surface area contributed by atoms with Crippen LogP contribution in [0.1, 0.15) is 37.4 Å². The lowest BCUT2D eigenvalue weighted by atomic mass is 10.0. The number of aromatic nitrogens is 2. The monoisotopic (exact) mass is 1030 g/mol. The zero-order chi connectivity index (χ0) is 52.6. The molecule has 2 N–H and O–H groups in total. The highest BCUT2D eigenvalue weighted by Crippen LogP contribution is 2.46. The summed E-state index contributed by atoms with van der Waals surface area (Å²) in [7, 11) is 0. The van der Waals surface area contributed by atoms with Crippen LogP contribution in [0.15, 0.2) is 180 Å². The molecule has 16 nitrogen and oxygen atoms in total. The number of nitrogens with zero attached hydrogens (tertiary/aromatic N) is 4. The topological polar surface area (TPSA) is 191 Å². The van der Waals surface area contributed by atoms with Crippen LogP contribution in [-0.4, -0.2) is 149 Å². The summed E-state index contributed by atoms with van der Waals surface area (Å²) in [4.78, 5) is 44.0. The summed E-state index contributed by atoms with van der Waals surface area (Å²) in [5.41, 5.74) is 8.05. The van der Waals surface area contributed by atoms with Crippen molar-refractivity contribution < 1.29 is 57.7 Å². The maximum Gasteiger partial charge on any atom is 0.338 e. The van der Waals surface area contributed by atoms with E-state index < -0.39 is 17.7 Å². The van der Waals surface area contributed by atoms with Crippen molar-refractivity contribution in [2.45, 2.75) is 5.79 Å². The molecule has 0 saturated carbocycles. The van der Waals surface area contributed by atoms with Gasteiger partial charge in [-0.1, -0.05) is 146 Å². The van der Waals surface area contributed by atoms with E-state index in [0.717, 1.165) is 27.9 Å². The lowest BCUT2D eigenvalue weighted by molar-refractivity contribution is -0.00325. The number of aliphatic hydroxyl groups excluding tert-OH is 2. The van der Waals surface area contributed by atoms with Crippen molar-refractivity contribution in [1.29, 1.82) is 0 Å². The molecule has 2 heterocycles. The molecule has 0 amide bonds. The van der Waals surface area contributed by atoms with Crippen LogP contribution >= 0.6 is 0 Å². The van der Waals surface area contributed by atoms with Gasteiger partial charge in [0.25, 0.3) is 5.79 Å². The summed E-state index contributed by atoms with van der Waals surface area (Å²) in [6, 6.07) is 54.1. The minimum Gasteiger partial charge on any atom is -0.460 e. The van der Waals surface area contributed by atoms with Gasteiger partial charge in [0.15, 0.2) is 0 Å². The normalized spacial score (nSPS) is 12.8. The van der Waals surface area contributed by atoms with Crippen molar-refractivity contribution in [1.82, 2.24) is 9.55 Å². The van der Waals surface area contributed by atoms with Crippen LogP contribution in [0.5, 0.6) is 0 Å². The number of hydrogen-bond donors (Lipinski definition) is 2. The molecular weight excluding hydrogens is 969 g/mol. The van der Waals surface area contributed by atoms with Crippen LogP contribution in [0.25, 0.3) is 33.9 Å². The highest BCUT2D eigenvalue weighted by Gasteiger charge is 2.45. The molecule has 0 unspecified atom stereocenters. The molecule has 76 heavy (non-hydrogen) atoms. The third-order valence-corrected chi connectivity index (χ3v) is 11.9. The Morgan fingerprint density at radius 1 is 0.395 bits per heavy atom. The molecule has 1 aromatic heterocycles. The summed E-state index contributed by atoms with van der Waals surface area (Å²) >= 11 is 0. The fourth-order valence-corrected chi connectivity index (χ4v) is 8.32. The van der Waals surface area contributed by atoms with Crippen molar-refractivity contribution >= 4 is 23.4 Å². The average molecular weight is 1030 g/mol. The standard InChI is InChI=1S/C60H62N4O12/c65-29-31-69-33-35-71-37-39-73-41-43-75-58(67)50-23-21-49(22-24-50)57-61-55(47-17-9-3-10-18-47)56(48-19-11-4-12-20-48)64(57)60(62-53(45-13-5-1-6-14-45)54(63-60)46-15-7-2-8-16-46)52-27-25-51(26-28-52)59(68)76-44-42-74-40-38-72-36-34-70-32-30-66/h1-28,65-66H,29-44H2. The second kappa shape index (κ2) is 29.0. The molecule has 1 aliphatic heterocycles. The number of imidazole rings is 1. The van der Waals surface area contributed by atoms with Gasteiger partial charge >= 0.3 is 11.9 Å². The molecule has 0 fully saturated rings. The Bertz CT molecular complexity index is 2880. The first kappa shape index (κ1) is 54.7. The van der Waals surface area contributed by atoms with Crippen LogP contribution in [0.4, 0.5) is 0 Å². The van der Waals surface area contributed by atoms with Crippen molar-refractivity contribution in [3.05, 3.63) is 198 Å². The number of carbonyl (C=O) groups is 2. The molecule has 1 aliphatic rings. The highest BCUT2D eigenvalue weighted by atomic mass is 16.6. The van der Waals surface area contributed by atoms with Gasteiger partial charge in [-0.2, -0.15) is 0 Å². The minimum absolute atomic E-state index is 0.0342. The number of aliphatic imine (C=N–C) groups is 2. The molecule has 8 rings (SSSR count). The first-order valence-corrected chi connectivity index (χ1v) is 25.3. The quantitative estimate of drug-likeness (QED) is 0.0315. The van der Waals surface area contributed by atoms with Gasteiger partial charge in [0.05, 0.1) is 126 Å². The van der Waals surface area contributed by atoms with Gasteiger partial charge < -0.3 is 48.1 Å². The minimum atomic E-state index is -1.59. The van der Waals surface area contributed by atoms with Crippen molar-refractivity contribution in [2.24, 2.45) is 9.98 Å². The van der Waals surface area contributed by atoms with Crippen LogP contribution in [0.3, 0.4) is 0 Å². The van der Waals surface area contributed by atoms with Gasteiger partial charge in [0, 0.05) is 33.4 Å². The Morgan fingerprint density at radius 2 is 0.750 bits per heavy atom. The van der Waals surface area contributed by atoms with E-state index in [9.17, 15) is 9.59 Å². The fraction of sp³-hybridized carbons (Fsp3) is 0.283. The molecule has 0 atom stereocenters.